The van der Waals surface area contributed by atoms with Gasteiger partial charge in [0.1, 0.15) is 17.4 Å². The Morgan fingerprint density at radius 3 is 2.30 bits per heavy atom. The second-order valence-corrected chi connectivity index (χ2v) is 4.73. The molecular weight excluding hydrogens is 268 g/mol. The number of ether oxygens (including phenoxy) is 2. The van der Waals surface area contributed by atoms with Crippen LogP contribution in [0.2, 0.25) is 0 Å². The van der Waals surface area contributed by atoms with Gasteiger partial charge in [0.05, 0.1) is 14.2 Å². The summed E-state index contributed by atoms with van der Waals surface area (Å²) in [4.78, 5) is 11.1. The van der Waals surface area contributed by atoms with Crippen LogP contribution in [0.15, 0.2) is 12.1 Å². The molecule has 2 atom stereocenters. The zero-order valence-electron chi connectivity index (χ0n) is 11.8. The summed E-state index contributed by atoms with van der Waals surface area (Å²) in [5.74, 6) is -1.92. The van der Waals surface area contributed by atoms with Crippen LogP contribution in [0.25, 0.3) is 0 Å². The molecule has 4 nitrogen and oxygen atoms in total. The van der Waals surface area contributed by atoms with Crippen LogP contribution >= 0.6 is 0 Å². The lowest BCUT2D eigenvalue weighted by atomic mass is 9.93. The highest BCUT2D eigenvalue weighted by molar-refractivity contribution is 5.69. The van der Waals surface area contributed by atoms with Crippen molar-refractivity contribution in [3.8, 4) is 5.75 Å². The van der Waals surface area contributed by atoms with E-state index in [1.807, 2.05) is 0 Å². The van der Waals surface area contributed by atoms with Crippen LogP contribution in [0.1, 0.15) is 31.4 Å². The molecular formula is C14H19F2NO3. The summed E-state index contributed by atoms with van der Waals surface area (Å²) in [5.41, 5.74) is 5.64. The van der Waals surface area contributed by atoms with Gasteiger partial charge in [-0.15, -0.1) is 0 Å². The Morgan fingerprint density at radius 1 is 1.30 bits per heavy atom. The minimum absolute atomic E-state index is 0.0959. The van der Waals surface area contributed by atoms with E-state index < -0.39 is 17.7 Å². The fourth-order valence-corrected chi connectivity index (χ4v) is 2.04. The number of nitrogens with two attached hydrogens (primary N) is 1. The maximum absolute atomic E-state index is 13.8. The number of rotatable bonds is 6. The summed E-state index contributed by atoms with van der Waals surface area (Å²) in [6.07, 6.45) is 0.429. The predicted octanol–water partition coefficient (Wildman–Crippen LogP) is 2.56. The summed E-state index contributed by atoms with van der Waals surface area (Å²) in [5, 5.41) is 0. The average Bonchev–Trinajstić information content (AvgIpc) is 2.37. The summed E-state index contributed by atoms with van der Waals surface area (Å²) < 4.78 is 37.0. The highest BCUT2D eigenvalue weighted by atomic mass is 19.1. The number of hydrogen-bond acceptors (Lipinski definition) is 4. The fraction of sp³-hybridized carbons (Fsp3) is 0.500. The molecule has 0 bridgehead atoms. The first kappa shape index (κ1) is 16.4. The van der Waals surface area contributed by atoms with Gasteiger partial charge in [-0.3, -0.25) is 4.79 Å². The number of carbonyl (C=O) groups is 1. The van der Waals surface area contributed by atoms with E-state index in [-0.39, 0.29) is 36.0 Å². The molecule has 0 saturated carbocycles. The van der Waals surface area contributed by atoms with E-state index in [2.05, 4.69) is 4.74 Å². The van der Waals surface area contributed by atoms with Gasteiger partial charge in [0.2, 0.25) is 0 Å². The van der Waals surface area contributed by atoms with Gasteiger partial charge in [-0.2, -0.15) is 0 Å². The van der Waals surface area contributed by atoms with Crippen LogP contribution in [-0.4, -0.2) is 20.2 Å². The van der Waals surface area contributed by atoms with Crippen molar-refractivity contribution in [1.82, 2.24) is 0 Å². The van der Waals surface area contributed by atoms with Gasteiger partial charge in [0, 0.05) is 30.2 Å². The number of halogens is 2. The van der Waals surface area contributed by atoms with Crippen molar-refractivity contribution >= 4 is 5.97 Å². The normalized spacial score (nSPS) is 13.7. The van der Waals surface area contributed by atoms with Gasteiger partial charge < -0.3 is 15.2 Å². The standard InChI is InChI=1S/C14H19F2NO3/c1-8(5-13(18)20-3)4-12(17)14-10(15)6-9(19-2)7-11(14)16/h6-8,12H,4-5,17H2,1-3H3. The third-order valence-electron chi connectivity index (χ3n) is 3.06. The molecule has 112 valence electrons. The Morgan fingerprint density at radius 2 is 1.85 bits per heavy atom. The van der Waals surface area contributed by atoms with Gasteiger partial charge in [-0.25, -0.2) is 8.78 Å². The first-order valence-corrected chi connectivity index (χ1v) is 6.24. The first-order chi connectivity index (χ1) is 9.38. The Labute approximate surface area is 116 Å². The summed E-state index contributed by atoms with van der Waals surface area (Å²) in [7, 11) is 2.62. The van der Waals surface area contributed by atoms with E-state index in [4.69, 9.17) is 10.5 Å². The topological polar surface area (TPSA) is 61.5 Å². The van der Waals surface area contributed by atoms with E-state index in [0.717, 1.165) is 12.1 Å². The fourth-order valence-electron chi connectivity index (χ4n) is 2.04. The van der Waals surface area contributed by atoms with Crippen molar-refractivity contribution in [3.63, 3.8) is 0 Å². The van der Waals surface area contributed by atoms with E-state index in [1.54, 1.807) is 6.92 Å². The minimum Gasteiger partial charge on any atom is -0.497 e. The highest BCUT2D eigenvalue weighted by Gasteiger charge is 2.21. The van der Waals surface area contributed by atoms with Crippen LogP contribution < -0.4 is 10.5 Å². The molecule has 6 heteroatoms. The van der Waals surface area contributed by atoms with E-state index in [0.29, 0.717) is 0 Å². The molecule has 0 aliphatic carbocycles. The third-order valence-corrected chi connectivity index (χ3v) is 3.06. The SMILES string of the molecule is COC(=O)CC(C)CC(N)c1c(F)cc(OC)cc1F. The third kappa shape index (κ3) is 4.16. The Hall–Kier alpha value is -1.69. The highest BCUT2D eigenvalue weighted by Crippen LogP contribution is 2.28. The molecule has 0 saturated heterocycles. The predicted molar refractivity (Wildman–Crippen MR) is 70.3 cm³/mol. The van der Waals surface area contributed by atoms with Crippen molar-refractivity contribution in [2.75, 3.05) is 14.2 Å². The number of methoxy groups -OCH3 is 2. The second kappa shape index (κ2) is 7.19. The summed E-state index contributed by atoms with van der Waals surface area (Å²) in [6.45, 7) is 1.77. The minimum atomic E-state index is -0.833. The molecule has 2 N–H and O–H groups in total. The van der Waals surface area contributed by atoms with Gasteiger partial charge in [0.15, 0.2) is 0 Å². The molecule has 1 aromatic carbocycles. The quantitative estimate of drug-likeness (QED) is 0.817. The average molecular weight is 287 g/mol. The molecule has 2 unspecified atom stereocenters. The summed E-state index contributed by atoms with van der Waals surface area (Å²) in [6, 6.07) is 1.34. The van der Waals surface area contributed by atoms with Gasteiger partial charge in [-0.05, 0) is 12.3 Å². The number of benzene rings is 1. The van der Waals surface area contributed by atoms with Crippen LogP contribution in [0.4, 0.5) is 8.78 Å². The first-order valence-electron chi connectivity index (χ1n) is 6.24. The molecule has 0 spiro atoms. The smallest absolute Gasteiger partial charge is 0.305 e. The lowest BCUT2D eigenvalue weighted by Crippen LogP contribution is -2.19. The molecule has 20 heavy (non-hydrogen) atoms. The number of carbonyl (C=O) groups excluding carboxylic acids is 1. The lowest BCUT2D eigenvalue weighted by molar-refractivity contribution is -0.141. The zero-order valence-corrected chi connectivity index (χ0v) is 11.8. The van der Waals surface area contributed by atoms with E-state index in [9.17, 15) is 13.6 Å². The lowest BCUT2D eigenvalue weighted by Gasteiger charge is -2.18. The molecule has 0 aliphatic rings. The second-order valence-electron chi connectivity index (χ2n) is 4.73. The van der Waals surface area contributed by atoms with Crippen LogP contribution in [0.3, 0.4) is 0 Å². The molecule has 1 aromatic rings. The number of hydrogen-bond donors (Lipinski definition) is 1. The molecule has 0 aliphatic heterocycles. The van der Waals surface area contributed by atoms with Gasteiger partial charge in [-0.1, -0.05) is 6.92 Å². The molecule has 0 fully saturated rings. The monoisotopic (exact) mass is 287 g/mol. The molecule has 1 rings (SSSR count). The van der Waals surface area contributed by atoms with Crippen molar-refractivity contribution < 1.29 is 23.0 Å². The summed E-state index contributed by atoms with van der Waals surface area (Å²) >= 11 is 0. The maximum Gasteiger partial charge on any atom is 0.305 e. The van der Waals surface area contributed by atoms with Gasteiger partial charge in [0.25, 0.3) is 0 Å². The Bertz CT molecular complexity index is 456. The molecule has 0 aromatic heterocycles. The molecule has 0 heterocycles. The maximum atomic E-state index is 13.8. The van der Waals surface area contributed by atoms with Crippen LogP contribution in [0, 0.1) is 17.6 Å². The Balaban J connectivity index is 2.82. The van der Waals surface area contributed by atoms with Crippen molar-refractivity contribution in [1.29, 1.82) is 0 Å². The van der Waals surface area contributed by atoms with E-state index in [1.165, 1.54) is 14.2 Å². The Kier molecular flexibility index (Phi) is 5.88. The largest absolute Gasteiger partial charge is 0.497 e. The zero-order chi connectivity index (χ0) is 15.3. The van der Waals surface area contributed by atoms with Crippen LogP contribution in [0.5, 0.6) is 5.75 Å². The van der Waals surface area contributed by atoms with Crippen molar-refractivity contribution in [3.05, 3.63) is 29.3 Å². The molecule has 0 radical (unpaired) electrons. The van der Waals surface area contributed by atoms with E-state index >= 15 is 0 Å². The van der Waals surface area contributed by atoms with Crippen molar-refractivity contribution in [2.45, 2.75) is 25.8 Å². The molecule has 0 amide bonds. The van der Waals surface area contributed by atoms with Crippen LogP contribution in [-0.2, 0) is 9.53 Å². The van der Waals surface area contributed by atoms with Gasteiger partial charge >= 0.3 is 5.97 Å². The number of esters is 1. The van der Waals surface area contributed by atoms with Crippen molar-refractivity contribution in [2.24, 2.45) is 11.7 Å².